The van der Waals surface area contributed by atoms with Crippen molar-refractivity contribution in [2.24, 2.45) is 5.92 Å². The molecule has 114 valence electrons. The largest absolute Gasteiger partial charge is 0.466 e. The summed E-state index contributed by atoms with van der Waals surface area (Å²) in [6, 6.07) is 7.75. The van der Waals surface area contributed by atoms with Crippen molar-refractivity contribution in [1.82, 2.24) is 4.90 Å². The normalized spacial score (nSPS) is 15.8. The monoisotopic (exact) mass is 289 g/mol. The van der Waals surface area contributed by atoms with E-state index in [4.69, 9.17) is 4.74 Å². The first kappa shape index (κ1) is 15.5. The Labute approximate surface area is 126 Å². The van der Waals surface area contributed by atoms with Gasteiger partial charge in [0.1, 0.15) is 0 Å². The maximum atomic E-state index is 12.6. The molecule has 0 bridgehead atoms. The maximum Gasteiger partial charge on any atom is 0.309 e. The molecule has 0 spiro atoms. The van der Waals surface area contributed by atoms with Gasteiger partial charge in [-0.15, -0.1) is 0 Å². The number of likely N-dealkylation sites (tertiary alicyclic amines) is 1. The highest BCUT2D eigenvalue weighted by Gasteiger charge is 2.29. The number of hydrogen-bond donors (Lipinski definition) is 0. The molecule has 4 nitrogen and oxygen atoms in total. The minimum Gasteiger partial charge on any atom is -0.466 e. The number of rotatable bonds is 4. The second-order valence-electron chi connectivity index (χ2n) is 5.33. The molecule has 0 aromatic heterocycles. The summed E-state index contributed by atoms with van der Waals surface area (Å²) in [6.07, 6.45) is 2.24. The van der Waals surface area contributed by atoms with Gasteiger partial charge in [-0.3, -0.25) is 9.59 Å². The van der Waals surface area contributed by atoms with Crippen LogP contribution in [-0.2, 0) is 16.0 Å². The molecule has 1 aliphatic heterocycles. The molecular formula is C17H23NO3. The van der Waals surface area contributed by atoms with E-state index in [0.717, 1.165) is 17.5 Å². The summed E-state index contributed by atoms with van der Waals surface area (Å²) < 4.78 is 5.06. The lowest BCUT2D eigenvalue weighted by molar-refractivity contribution is -0.149. The Bertz CT molecular complexity index is 505. The van der Waals surface area contributed by atoms with E-state index >= 15 is 0 Å². The fourth-order valence-electron chi connectivity index (χ4n) is 2.79. The Morgan fingerprint density at radius 2 is 1.86 bits per heavy atom. The van der Waals surface area contributed by atoms with Crippen LogP contribution in [0.4, 0.5) is 0 Å². The fourth-order valence-corrected chi connectivity index (χ4v) is 2.79. The average molecular weight is 289 g/mol. The van der Waals surface area contributed by atoms with Gasteiger partial charge in [0.15, 0.2) is 0 Å². The number of carbonyl (C=O) groups excluding carboxylic acids is 2. The van der Waals surface area contributed by atoms with Crippen LogP contribution in [0.3, 0.4) is 0 Å². The van der Waals surface area contributed by atoms with Crippen LogP contribution in [-0.4, -0.2) is 36.5 Å². The highest BCUT2D eigenvalue weighted by Crippen LogP contribution is 2.21. The molecular weight excluding hydrogens is 266 g/mol. The zero-order chi connectivity index (χ0) is 15.2. The van der Waals surface area contributed by atoms with Gasteiger partial charge >= 0.3 is 5.97 Å². The number of benzene rings is 1. The Kier molecular flexibility index (Phi) is 5.37. The zero-order valence-corrected chi connectivity index (χ0v) is 12.8. The maximum absolute atomic E-state index is 12.6. The molecule has 4 heteroatoms. The number of piperidine rings is 1. The van der Waals surface area contributed by atoms with E-state index in [9.17, 15) is 9.59 Å². The van der Waals surface area contributed by atoms with Crippen molar-refractivity contribution in [3.8, 4) is 0 Å². The van der Waals surface area contributed by atoms with Gasteiger partial charge in [-0.2, -0.15) is 0 Å². The van der Waals surface area contributed by atoms with E-state index in [-0.39, 0.29) is 17.8 Å². The molecule has 0 atom stereocenters. The van der Waals surface area contributed by atoms with Gasteiger partial charge in [0.2, 0.25) is 0 Å². The average Bonchev–Trinajstić information content (AvgIpc) is 2.54. The molecule has 0 aliphatic carbocycles. The Morgan fingerprint density at radius 3 is 2.48 bits per heavy atom. The molecule has 1 aliphatic rings. The SMILES string of the molecule is CCOC(=O)C1CCN(C(=O)c2ccccc2CC)CC1. The molecule has 1 fully saturated rings. The van der Waals surface area contributed by atoms with E-state index in [1.165, 1.54) is 0 Å². The molecule has 21 heavy (non-hydrogen) atoms. The Hall–Kier alpha value is -1.84. The highest BCUT2D eigenvalue weighted by atomic mass is 16.5. The molecule has 0 saturated carbocycles. The van der Waals surface area contributed by atoms with E-state index in [0.29, 0.717) is 32.5 Å². The van der Waals surface area contributed by atoms with Crippen LogP contribution in [0, 0.1) is 5.92 Å². The van der Waals surface area contributed by atoms with Gasteiger partial charge in [0.25, 0.3) is 5.91 Å². The molecule has 2 rings (SSSR count). The molecule has 1 aromatic carbocycles. The third kappa shape index (κ3) is 3.63. The van der Waals surface area contributed by atoms with Crippen molar-refractivity contribution in [2.45, 2.75) is 33.1 Å². The zero-order valence-electron chi connectivity index (χ0n) is 12.8. The summed E-state index contributed by atoms with van der Waals surface area (Å²) in [7, 11) is 0. The van der Waals surface area contributed by atoms with Crippen molar-refractivity contribution in [3.63, 3.8) is 0 Å². The van der Waals surface area contributed by atoms with Crippen molar-refractivity contribution >= 4 is 11.9 Å². The number of esters is 1. The summed E-state index contributed by atoms with van der Waals surface area (Å²) in [5.41, 5.74) is 1.87. The molecule has 1 amide bonds. The summed E-state index contributed by atoms with van der Waals surface area (Å²) >= 11 is 0. The predicted octanol–water partition coefficient (Wildman–Crippen LogP) is 2.66. The van der Waals surface area contributed by atoms with Crippen LogP contribution >= 0.6 is 0 Å². The minimum atomic E-state index is -0.126. The topological polar surface area (TPSA) is 46.6 Å². The number of nitrogens with zero attached hydrogens (tertiary/aromatic N) is 1. The van der Waals surface area contributed by atoms with Crippen LogP contribution in [0.1, 0.15) is 42.6 Å². The van der Waals surface area contributed by atoms with E-state index < -0.39 is 0 Å². The van der Waals surface area contributed by atoms with Gasteiger partial charge < -0.3 is 9.64 Å². The number of carbonyl (C=O) groups is 2. The summed E-state index contributed by atoms with van der Waals surface area (Å²) in [5, 5.41) is 0. The predicted molar refractivity (Wildman–Crippen MR) is 81.1 cm³/mol. The van der Waals surface area contributed by atoms with Gasteiger partial charge in [-0.1, -0.05) is 25.1 Å². The summed E-state index contributed by atoms with van der Waals surface area (Å²) in [6.45, 7) is 5.54. The molecule has 1 aromatic rings. The highest BCUT2D eigenvalue weighted by molar-refractivity contribution is 5.95. The lowest BCUT2D eigenvalue weighted by Crippen LogP contribution is -2.41. The first-order chi connectivity index (χ1) is 10.2. The van der Waals surface area contributed by atoms with E-state index in [1.807, 2.05) is 36.1 Å². The number of ether oxygens (including phenoxy) is 1. The van der Waals surface area contributed by atoms with Crippen molar-refractivity contribution in [3.05, 3.63) is 35.4 Å². The minimum absolute atomic E-state index is 0.0598. The Morgan fingerprint density at radius 1 is 1.19 bits per heavy atom. The van der Waals surface area contributed by atoms with E-state index in [2.05, 4.69) is 6.92 Å². The second kappa shape index (κ2) is 7.25. The lowest BCUT2D eigenvalue weighted by atomic mass is 9.95. The third-order valence-corrected chi connectivity index (χ3v) is 4.03. The van der Waals surface area contributed by atoms with Crippen LogP contribution < -0.4 is 0 Å². The molecule has 0 radical (unpaired) electrons. The quantitative estimate of drug-likeness (QED) is 0.801. The number of hydrogen-bond acceptors (Lipinski definition) is 3. The van der Waals surface area contributed by atoms with Crippen molar-refractivity contribution in [2.75, 3.05) is 19.7 Å². The molecule has 1 heterocycles. The smallest absolute Gasteiger partial charge is 0.309 e. The summed E-state index contributed by atoms with van der Waals surface area (Å²) in [4.78, 5) is 26.2. The van der Waals surface area contributed by atoms with Gasteiger partial charge in [0, 0.05) is 18.7 Å². The Balaban J connectivity index is 1.99. The lowest BCUT2D eigenvalue weighted by Gasteiger charge is -2.31. The van der Waals surface area contributed by atoms with Crippen molar-refractivity contribution < 1.29 is 14.3 Å². The first-order valence-electron chi connectivity index (χ1n) is 7.71. The van der Waals surface area contributed by atoms with Crippen molar-refractivity contribution in [1.29, 1.82) is 0 Å². The molecule has 0 unspecified atom stereocenters. The van der Waals surface area contributed by atoms with Gasteiger partial charge in [-0.25, -0.2) is 0 Å². The summed E-state index contributed by atoms with van der Waals surface area (Å²) in [5.74, 6) is -0.108. The molecule has 1 saturated heterocycles. The van der Waals surface area contributed by atoms with E-state index in [1.54, 1.807) is 0 Å². The number of amides is 1. The number of aryl methyl sites for hydroxylation is 1. The van der Waals surface area contributed by atoms with Crippen LogP contribution in [0.5, 0.6) is 0 Å². The third-order valence-electron chi connectivity index (χ3n) is 4.03. The molecule has 0 N–H and O–H groups in total. The van der Waals surface area contributed by atoms with Crippen LogP contribution in [0.25, 0.3) is 0 Å². The fraction of sp³-hybridized carbons (Fsp3) is 0.529. The second-order valence-corrected chi connectivity index (χ2v) is 5.33. The first-order valence-corrected chi connectivity index (χ1v) is 7.71. The van der Waals surface area contributed by atoms with Crippen LogP contribution in [0.2, 0.25) is 0 Å². The standard InChI is InChI=1S/C17H23NO3/c1-3-13-7-5-6-8-15(13)16(19)18-11-9-14(10-12-18)17(20)21-4-2/h5-8,14H,3-4,9-12H2,1-2H3. The van der Waals surface area contributed by atoms with Gasteiger partial charge in [-0.05, 0) is 37.8 Å². The van der Waals surface area contributed by atoms with Gasteiger partial charge in [0.05, 0.1) is 12.5 Å². The van der Waals surface area contributed by atoms with Crippen LogP contribution in [0.15, 0.2) is 24.3 Å².